The van der Waals surface area contributed by atoms with Crippen molar-refractivity contribution < 1.29 is 28.7 Å². The van der Waals surface area contributed by atoms with E-state index < -0.39 is 0 Å². The fourth-order valence-corrected chi connectivity index (χ4v) is 4.98. The molecular formula is C25H23N3O6S. The third kappa shape index (κ3) is 5.02. The number of thioether (sulfide) groups is 1. The monoisotopic (exact) mass is 493 g/mol. The summed E-state index contributed by atoms with van der Waals surface area (Å²) >= 11 is 0.869. The lowest BCUT2D eigenvalue weighted by Crippen LogP contribution is -2.37. The second-order valence-electron chi connectivity index (χ2n) is 8.29. The number of carbonyl (C=O) groups excluding carboxylic acids is 4. The van der Waals surface area contributed by atoms with Crippen LogP contribution >= 0.6 is 11.8 Å². The van der Waals surface area contributed by atoms with Gasteiger partial charge < -0.3 is 19.7 Å². The Bertz CT molecular complexity index is 1230. The molecule has 0 atom stereocenters. The summed E-state index contributed by atoms with van der Waals surface area (Å²) in [6, 6.07) is 12.7. The standard InChI is InChI=1S/C25H23N3O6S/c29-22(14-16-3-6-18(7-4-16)27-10-1-2-23(27)30)26-9-11-28-24(31)21(35-25(28)32)13-17-5-8-19-20(12-17)34-15-33-19/h3-8,12-13H,1-2,9-11,14-15H2,(H,26,29)/b21-13-. The largest absolute Gasteiger partial charge is 0.454 e. The molecule has 3 aliphatic rings. The Labute approximate surface area is 206 Å². The van der Waals surface area contributed by atoms with Crippen molar-refractivity contribution >= 4 is 46.5 Å². The minimum absolute atomic E-state index is 0.0882. The number of ether oxygens (including phenoxy) is 2. The van der Waals surface area contributed by atoms with Gasteiger partial charge in [0, 0.05) is 31.7 Å². The number of amides is 4. The highest BCUT2D eigenvalue weighted by atomic mass is 32.2. The molecule has 0 aliphatic carbocycles. The molecule has 0 spiro atoms. The molecule has 2 aromatic carbocycles. The van der Waals surface area contributed by atoms with Crippen LogP contribution in [0.2, 0.25) is 0 Å². The van der Waals surface area contributed by atoms with E-state index in [2.05, 4.69) is 5.32 Å². The number of nitrogens with one attached hydrogen (secondary N) is 1. The third-order valence-electron chi connectivity index (χ3n) is 5.91. The van der Waals surface area contributed by atoms with E-state index >= 15 is 0 Å². The number of fused-ring (bicyclic) bond motifs is 1. The third-order valence-corrected chi connectivity index (χ3v) is 6.82. The molecule has 0 saturated carbocycles. The Morgan fingerprint density at radius 2 is 1.86 bits per heavy atom. The lowest BCUT2D eigenvalue weighted by Gasteiger charge is -2.16. The number of rotatable bonds is 7. The van der Waals surface area contributed by atoms with E-state index in [0.717, 1.165) is 46.4 Å². The average Bonchev–Trinajstić information content (AvgIpc) is 3.55. The highest BCUT2D eigenvalue weighted by molar-refractivity contribution is 8.18. The zero-order valence-electron chi connectivity index (χ0n) is 18.8. The molecule has 2 aromatic rings. The Morgan fingerprint density at radius 1 is 1.06 bits per heavy atom. The van der Waals surface area contributed by atoms with Crippen LogP contribution in [0.1, 0.15) is 24.0 Å². The van der Waals surface area contributed by atoms with Crippen molar-refractivity contribution in [3.8, 4) is 11.5 Å². The summed E-state index contributed by atoms with van der Waals surface area (Å²) in [6.07, 6.45) is 3.24. The molecular weight excluding hydrogens is 470 g/mol. The molecule has 2 fully saturated rings. The highest BCUT2D eigenvalue weighted by Gasteiger charge is 2.34. The van der Waals surface area contributed by atoms with Gasteiger partial charge in [0.05, 0.1) is 11.3 Å². The van der Waals surface area contributed by atoms with E-state index in [1.54, 1.807) is 29.2 Å². The number of imide groups is 1. The number of carbonyl (C=O) groups is 4. The second kappa shape index (κ2) is 9.83. The maximum atomic E-state index is 12.7. The molecule has 0 unspecified atom stereocenters. The van der Waals surface area contributed by atoms with E-state index in [1.807, 2.05) is 24.3 Å². The molecule has 4 amide bonds. The van der Waals surface area contributed by atoms with Gasteiger partial charge >= 0.3 is 0 Å². The molecule has 3 aliphatic heterocycles. The van der Waals surface area contributed by atoms with Gasteiger partial charge in [-0.25, -0.2) is 0 Å². The summed E-state index contributed by atoms with van der Waals surface area (Å²) in [5.41, 5.74) is 2.38. The average molecular weight is 494 g/mol. The Kier molecular flexibility index (Phi) is 6.45. The van der Waals surface area contributed by atoms with Crippen LogP contribution in [0.3, 0.4) is 0 Å². The van der Waals surface area contributed by atoms with Crippen LogP contribution in [-0.4, -0.2) is 54.3 Å². The van der Waals surface area contributed by atoms with Gasteiger partial charge in [-0.2, -0.15) is 0 Å². The van der Waals surface area contributed by atoms with Gasteiger partial charge in [0.25, 0.3) is 11.1 Å². The number of hydrogen-bond donors (Lipinski definition) is 1. The summed E-state index contributed by atoms with van der Waals surface area (Å²) in [4.78, 5) is 52.4. The zero-order valence-corrected chi connectivity index (χ0v) is 19.6. The quantitative estimate of drug-likeness (QED) is 0.592. The molecule has 10 heteroatoms. The molecule has 9 nitrogen and oxygen atoms in total. The van der Waals surface area contributed by atoms with Crippen molar-refractivity contribution in [1.29, 1.82) is 0 Å². The number of anilines is 1. The van der Waals surface area contributed by atoms with Crippen molar-refractivity contribution in [2.45, 2.75) is 19.3 Å². The number of hydrogen-bond acceptors (Lipinski definition) is 7. The van der Waals surface area contributed by atoms with Crippen molar-refractivity contribution in [1.82, 2.24) is 10.2 Å². The van der Waals surface area contributed by atoms with E-state index in [4.69, 9.17) is 9.47 Å². The molecule has 180 valence electrons. The SMILES string of the molecule is O=C(Cc1ccc(N2CCCC2=O)cc1)NCCN1C(=O)S/C(=C\c2ccc3c(c2)OCO3)C1=O. The summed E-state index contributed by atoms with van der Waals surface area (Å²) < 4.78 is 10.6. The zero-order chi connectivity index (χ0) is 24.4. The van der Waals surface area contributed by atoms with Crippen LogP contribution in [-0.2, 0) is 20.8 Å². The maximum Gasteiger partial charge on any atom is 0.293 e. The Balaban J connectivity index is 1.11. The first-order valence-corrected chi connectivity index (χ1v) is 12.1. The molecule has 3 heterocycles. The van der Waals surface area contributed by atoms with Gasteiger partial charge in [-0.3, -0.25) is 24.1 Å². The second-order valence-corrected chi connectivity index (χ2v) is 9.28. The van der Waals surface area contributed by atoms with Crippen LogP contribution in [0, 0.1) is 0 Å². The minimum atomic E-state index is -0.390. The maximum absolute atomic E-state index is 12.7. The van der Waals surface area contributed by atoms with Gasteiger partial charge in [0.1, 0.15) is 0 Å². The van der Waals surface area contributed by atoms with Crippen molar-refractivity contribution in [2.75, 3.05) is 31.3 Å². The summed E-state index contributed by atoms with van der Waals surface area (Å²) in [7, 11) is 0. The number of benzene rings is 2. The molecule has 1 N–H and O–H groups in total. The van der Waals surface area contributed by atoms with Crippen LogP contribution in [0.4, 0.5) is 10.5 Å². The van der Waals surface area contributed by atoms with Crippen LogP contribution in [0.15, 0.2) is 47.4 Å². The van der Waals surface area contributed by atoms with Gasteiger partial charge in [-0.1, -0.05) is 18.2 Å². The Morgan fingerprint density at radius 3 is 2.63 bits per heavy atom. The summed E-state index contributed by atoms with van der Waals surface area (Å²) in [5.74, 6) is 0.758. The summed E-state index contributed by atoms with van der Waals surface area (Å²) in [6.45, 7) is 1.13. The van der Waals surface area contributed by atoms with Crippen LogP contribution < -0.4 is 19.7 Å². The summed E-state index contributed by atoms with van der Waals surface area (Å²) in [5, 5.41) is 2.39. The van der Waals surface area contributed by atoms with Crippen molar-refractivity contribution in [3.05, 3.63) is 58.5 Å². The fourth-order valence-electron chi connectivity index (χ4n) is 4.12. The van der Waals surface area contributed by atoms with Gasteiger partial charge in [-0.15, -0.1) is 0 Å². The lowest BCUT2D eigenvalue weighted by atomic mass is 10.1. The molecule has 5 rings (SSSR count). The van der Waals surface area contributed by atoms with Gasteiger partial charge in [0.2, 0.25) is 18.6 Å². The van der Waals surface area contributed by atoms with Crippen LogP contribution in [0.5, 0.6) is 11.5 Å². The smallest absolute Gasteiger partial charge is 0.293 e. The van der Waals surface area contributed by atoms with Crippen molar-refractivity contribution in [2.24, 2.45) is 0 Å². The van der Waals surface area contributed by atoms with Crippen molar-refractivity contribution in [3.63, 3.8) is 0 Å². The first kappa shape index (κ1) is 23.0. The minimum Gasteiger partial charge on any atom is -0.454 e. The first-order chi connectivity index (χ1) is 17.0. The fraction of sp³-hybridized carbons (Fsp3) is 0.280. The van der Waals surface area contributed by atoms with Gasteiger partial charge in [-0.05, 0) is 59.7 Å². The molecule has 0 radical (unpaired) electrons. The normalized spacial score (nSPS) is 18.2. The number of nitrogens with zero attached hydrogens (tertiary/aromatic N) is 2. The van der Waals surface area contributed by atoms with E-state index in [9.17, 15) is 19.2 Å². The topological polar surface area (TPSA) is 105 Å². The Hall–Kier alpha value is -3.79. The highest BCUT2D eigenvalue weighted by Crippen LogP contribution is 2.36. The van der Waals surface area contributed by atoms with Crippen LogP contribution in [0.25, 0.3) is 6.08 Å². The molecule has 2 saturated heterocycles. The van der Waals surface area contributed by atoms with E-state index in [0.29, 0.717) is 22.8 Å². The van der Waals surface area contributed by atoms with E-state index in [-0.39, 0.29) is 49.3 Å². The van der Waals surface area contributed by atoms with E-state index in [1.165, 1.54) is 0 Å². The molecule has 0 bridgehead atoms. The molecule has 0 aromatic heterocycles. The lowest BCUT2D eigenvalue weighted by molar-refractivity contribution is -0.124. The van der Waals surface area contributed by atoms with Gasteiger partial charge in [0.15, 0.2) is 11.5 Å². The first-order valence-electron chi connectivity index (χ1n) is 11.3. The predicted octanol–water partition coefficient (Wildman–Crippen LogP) is 2.94. The molecule has 35 heavy (non-hydrogen) atoms. The predicted molar refractivity (Wildman–Crippen MR) is 130 cm³/mol.